The molecule has 1 atom stereocenters. The zero-order valence-electron chi connectivity index (χ0n) is 11.8. The summed E-state index contributed by atoms with van der Waals surface area (Å²) in [5.74, 6) is -1.10. The number of carboxylic acids is 1. The Morgan fingerprint density at radius 3 is 2.38 bits per heavy atom. The number of rotatable bonds is 6. The van der Waals surface area contributed by atoms with E-state index in [-0.39, 0.29) is 11.7 Å². The summed E-state index contributed by atoms with van der Waals surface area (Å²) >= 11 is 0. The molecule has 1 unspecified atom stereocenters. The number of urea groups is 1. The summed E-state index contributed by atoms with van der Waals surface area (Å²) in [6.45, 7) is 3.19. The molecule has 0 fully saturated rings. The van der Waals surface area contributed by atoms with E-state index in [1.165, 1.54) is 29.2 Å². The highest BCUT2D eigenvalue weighted by Crippen LogP contribution is 2.16. The Hall–Kier alpha value is -2.64. The Labute approximate surface area is 121 Å². The molecule has 0 saturated heterocycles. The number of non-ortho nitro benzene ring substituents is 1. The van der Waals surface area contributed by atoms with Gasteiger partial charge in [0.2, 0.25) is 0 Å². The van der Waals surface area contributed by atoms with Gasteiger partial charge in [-0.3, -0.25) is 14.9 Å². The number of carboxylic acid groups (broad SMARTS) is 1. The van der Waals surface area contributed by atoms with Crippen molar-refractivity contribution in [1.82, 2.24) is 4.90 Å². The number of nitro benzene ring substituents is 1. The van der Waals surface area contributed by atoms with Crippen molar-refractivity contribution >= 4 is 23.4 Å². The lowest BCUT2D eigenvalue weighted by Crippen LogP contribution is -2.44. The van der Waals surface area contributed by atoms with Crippen LogP contribution in [0.3, 0.4) is 0 Å². The van der Waals surface area contributed by atoms with E-state index in [0.717, 1.165) is 0 Å². The van der Waals surface area contributed by atoms with Crippen LogP contribution in [0.2, 0.25) is 0 Å². The summed E-state index contributed by atoms with van der Waals surface area (Å²) in [6.07, 6.45) is 0.612. The number of nitrogens with zero attached hydrogens (tertiary/aromatic N) is 2. The van der Waals surface area contributed by atoms with Crippen LogP contribution >= 0.6 is 0 Å². The minimum atomic E-state index is -1.10. The second kappa shape index (κ2) is 7.22. The fourth-order valence-corrected chi connectivity index (χ4v) is 1.66. The fraction of sp³-hybridized carbons (Fsp3) is 0.385. The van der Waals surface area contributed by atoms with Crippen molar-refractivity contribution < 1.29 is 19.6 Å². The molecule has 8 nitrogen and oxygen atoms in total. The van der Waals surface area contributed by atoms with Crippen LogP contribution in [-0.2, 0) is 4.79 Å². The molecule has 1 rings (SSSR count). The number of carbonyl (C=O) groups excluding carboxylic acids is 1. The van der Waals surface area contributed by atoms with Crippen molar-refractivity contribution in [3.05, 3.63) is 34.4 Å². The van der Waals surface area contributed by atoms with E-state index in [1.54, 1.807) is 6.92 Å². The summed E-state index contributed by atoms with van der Waals surface area (Å²) in [5, 5.41) is 21.9. The predicted molar refractivity (Wildman–Crippen MR) is 76.2 cm³/mol. The number of hydrogen-bond donors (Lipinski definition) is 2. The van der Waals surface area contributed by atoms with Gasteiger partial charge in [0, 0.05) is 23.9 Å². The van der Waals surface area contributed by atoms with Crippen LogP contribution in [0.25, 0.3) is 0 Å². The molecule has 1 aromatic rings. The van der Waals surface area contributed by atoms with Crippen LogP contribution in [0.4, 0.5) is 16.2 Å². The molecule has 2 amide bonds. The molecule has 0 saturated carbocycles. The number of amides is 2. The Morgan fingerprint density at radius 2 is 1.95 bits per heavy atom. The predicted octanol–water partition coefficient (Wildman–Crippen LogP) is 2.31. The van der Waals surface area contributed by atoms with Crippen LogP contribution in [0.1, 0.15) is 20.3 Å². The average molecular weight is 295 g/mol. The second-order valence-electron chi connectivity index (χ2n) is 4.51. The number of hydrogen-bond acceptors (Lipinski definition) is 4. The lowest BCUT2D eigenvalue weighted by Gasteiger charge is -2.27. The minimum Gasteiger partial charge on any atom is -0.480 e. The molecule has 2 N–H and O–H groups in total. The molecule has 0 aliphatic heterocycles. The van der Waals surface area contributed by atoms with Crippen LogP contribution in [0.15, 0.2) is 24.3 Å². The molecular weight excluding hydrogens is 278 g/mol. The molecule has 0 aliphatic rings. The monoisotopic (exact) mass is 295 g/mol. The lowest BCUT2D eigenvalue weighted by molar-refractivity contribution is -0.384. The second-order valence-corrected chi connectivity index (χ2v) is 4.51. The summed E-state index contributed by atoms with van der Waals surface area (Å²) in [6, 6.07) is 4.53. The van der Waals surface area contributed by atoms with E-state index in [4.69, 9.17) is 5.11 Å². The lowest BCUT2D eigenvalue weighted by atomic mass is 10.2. The van der Waals surface area contributed by atoms with E-state index in [1.807, 2.05) is 6.92 Å². The Kier molecular flexibility index (Phi) is 5.65. The van der Waals surface area contributed by atoms with Gasteiger partial charge in [-0.15, -0.1) is 0 Å². The van der Waals surface area contributed by atoms with Gasteiger partial charge in [0.15, 0.2) is 0 Å². The van der Waals surface area contributed by atoms with Gasteiger partial charge in [0.1, 0.15) is 6.54 Å². The van der Waals surface area contributed by atoms with Gasteiger partial charge >= 0.3 is 12.0 Å². The summed E-state index contributed by atoms with van der Waals surface area (Å²) < 4.78 is 0. The maximum Gasteiger partial charge on any atom is 0.323 e. The molecule has 8 heteroatoms. The van der Waals surface area contributed by atoms with Gasteiger partial charge < -0.3 is 15.3 Å². The van der Waals surface area contributed by atoms with Crippen molar-refractivity contribution in [3.8, 4) is 0 Å². The first-order valence-corrected chi connectivity index (χ1v) is 6.39. The van der Waals surface area contributed by atoms with E-state index >= 15 is 0 Å². The van der Waals surface area contributed by atoms with E-state index < -0.39 is 23.5 Å². The quantitative estimate of drug-likeness (QED) is 0.617. The van der Waals surface area contributed by atoms with Gasteiger partial charge in [-0.1, -0.05) is 6.92 Å². The zero-order valence-corrected chi connectivity index (χ0v) is 11.8. The third-order valence-corrected chi connectivity index (χ3v) is 3.02. The summed E-state index contributed by atoms with van der Waals surface area (Å²) in [4.78, 5) is 34.1. The first-order chi connectivity index (χ1) is 9.85. The maximum absolute atomic E-state index is 12.1. The normalized spacial score (nSPS) is 11.5. The Balaban J connectivity index is 2.80. The third kappa shape index (κ3) is 4.75. The molecule has 21 heavy (non-hydrogen) atoms. The highest BCUT2D eigenvalue weighted by Gasteiger charge is 2.21. The molecule has 0 spiro atoms. The number of aliphatic carboxylic acids is 1. The number of nitrogens with one attached hydrogen (secondary N) is 1. The third-order valence-electron chi connectivity index (χ3n) is 3.02. The van der Waals surface area contributed by atoms with E-state index in [2.05, 4.69) is 5.32 Å². The highest BCUT2D eigenvalue weighted by molar-refractivity contribution is 5.91. The van der Waals surface area contributed by atoms with Crippen LogP contribution in [0, 0.1) is 10.1 Å². The van der Waals surface area contributed by atoms with Gasteiger partial charge in [0.05, 0.1) is 4.92 Å². The molecule has 0 aromatic heterocycles. The van der Waals surface area contributed by atoms with Crippen LogP contribution in [-0.4, -0.2) is 39.5 Å². The standard InChI is InChI=1S/C13H17N3O5/c1-3-9(2)15(8-12(17)18)13(19)14-10-4-6-11(7-5-10)16(20)21/h4-7,9H,3,8H2,1-2H3,(H,14,19)(H,17,18). The van der Waals surface area contributed by atoms with Gasteiger partial charge in [-0.2, -0.15) is 0 Å². The van der Waals surface area contributed by atoms with Gasteiger partial charge in [0.25, 0.3) is 5.69 Å². The molecular formula is C13H17N3O5. The summed E-state index contributed by atoms with van der Waals surface area (Å²) in [5.41, 5.74) is 0.279. The fourth-order valence-electron chi connectivity index (χ4n) is 1.66. The number of nitro groups is 1. The van der Waals surface area contributed by atoms with Crippen molar-refractivity contribution in [2.75, 3.05) is 11.9 Å². The first-order valence-electron chi connectivity index (χ1n) is 6.39. The molecule has 0 bridgehead atoms. The van der Waals surface area contributed by atoms with Crippen molar-refractivity contribution in [2.45, 2.75) is 26.3 Å². The minimum absolute atomic E-state index is 0.0858. The number of carbonyl (C=O) groups is 2. The van der Waals surface area contributed by atoms with Gasteiger partial charge in [-0.25, -0.2) is 4.79 Å². The smallest absolute Gasteiger partial charge is 0.323 e. The van der Waals surface area contributed by atoms with Crippen molar-refractivity contribution in [1.29, 1.82) is 0 Å². The van der Waals surface area contributed by atoms with E-state index in [9.17, 15) is 19.7 Å². The van der Waals surface area contributed by atoms with Crippen LogP contribution < -0.4 is 5.32 Å². The first kappa shape index (κ1) is 16.4. The molecule has 0 aliphatic carbocycles. The van der Waals surface area contributed by atoms with Crippen molar-refractivity contribution in [2.24, 2.45) is 0 Å². The van der Waals surface area contributed by atoms with Crippen molar-refractivity contribution in [3.63, 3.8) is 0 Å². The SMILES string of the molecule is CCC(C)N(CC(=O)O)C(=O)Nc1ccc([N+](=O)[O-])cc1. The van der Waals surface area contributed by atoms with Gasteiger partial charge in [-0.05, 0) is 25.5 Å². The largest absolute Gasteiger partial charge is 0.480 e. The average Bonchev–Trinajstić information content (AvgIpc) is 2.44. The highest BCUT2D eigenvalue weighted by atomic mass is 16.6. The maximum atomic E-state index is 12.1. The zero-order chi connectivity index (χ0) is 16.0. The molecule has 1 aromatic carbocycles. The Bertz CT molecular complexity index is 529. The summed E-state index contributed by atoms with van der Waals surface area (Å²) in [7, 11) is 0. The molecule has 114 valence electrons. The number of benzene rings is 1. The molecule has 0 heterocycles. The van der Waals surface area contributed by atoms with Crippen LogP contribution in [0.5, 0.6) is 0 Å². The van der Waals surface area contributed by atoms with E-state index in [0.29, 0.717) is 12.1 Å². The number of anilines is 1. The Morgan fingerprint density at radius 1 is 1.38 bits per heavy atom. The molecule has 0 radical (unpaired) electrons. The topological polar surface area (TPSA) is 113 Å².